The molecule has 0 bridgehead atoms. The summed E-state index contributed by atoms with van der Waals surface area (Å²) >= 11 is 0. The van der Waals surface area contributed by atoms with Crippen molar-refractivity contribution in [1.82, 2.24) is 4.31 Å². The quantitative estimate of drug-likeness (QED) is 0.912. The molecule has 0 unspecified atom stereocenters. The molecule has 22 heavy (non-hydrogen) atoms. The second-order valence-corrected chi connectivity index (χ2v) is 6.86. The Morgan fingerprint density at radius 1 is 1.41 bits per heavy atom. The second kappa shape index (κ2) is 5.87. The number of nitrogens with two attached hydrogens (primary N) is 1. The van der Waals surface area contributed by atoms with Crippen molar-refractivity contribution in [3.05, 3.63) is 29.3 Å². The zero-order chi connectivity index (χ0) is 16.5. The molecule has 0 amide bonds. The molecular weight excluding hydrogens is 319 g/mol. The van der Waals surface area contributed by atoms with Crippen LogP contribution in [0.3, 0.4) is 0 Å². The first-order chi connectivity index (χ1) is 10.2. The van der Waals surface area contributed by atoms with Crippen LogP contribution in [0.5, 0.6) is 0 Å². The number of benzene rings is 1. The highest BCUT2D eigenvalue weighted by molar-refractivity contribution is 7.89. The van der Waals surface area contributed by atoms with E-state index in [0.717, 1.165) is 16.4 Å². The van der Waals surface area contributed by atoms with Crippen LogP contribution < -0.4 is 5.73 Å². The maximum atomic E-state index is 12.9. The van der Waals surface area contributed by atoms with Crippen LogP contribution in [0, 0.1) is 11.3 Å². The van der Waals surface area contributed by atoms with Crippen molar-refractivity contribution in [1.29, 1.82) is 5.26 Å². The van der Waals surface area contributed by atoms with Gasteiger partial charge in [-0.15, -0.1) is 0 Å². The average molecular weight is 333 g/mol. The van der Waals surface area contributed by atoms with Gasteiger partial charge in [-0.3, -0.25) is 0 Å². The summed E-state index contributed by atoms with van der Waals surface area (Å²) in [4.78, 5) is -0.473. The molecule has 1 atom stereocenters. The Balaban J connectivity index is 2.51. The number of nitriles is 1. The number of alkyl halides is 3. The minimum Gasteiger partial charge on any atom is -0.329 e. The molecule has 1 aromatic rings. The lowest BCUT2D eigenvalue weighted by Crippen LogP contribution is -2.39. The topological polar surface area (TPSA) is 87.2 Å². The molecule has 120 valence electrons. The van der Waals surface area contributed by atoms with E-state index >= 15 is 0 Å². The van der Waals surface area contributed by atoms with Gasteiger partial charge in [0.05, 0.1) is 22.1 Å². The molecule has 0 radical (unpaired) electrons. The molecule has 1 heterocycles. The standard InChI is InChI=1S/C13H14F3N3O2S/c14-13(15,16)12-6-11(4-3-9(12)7-17)22(20,21)19-5-1-2-10(19)8-18/h3-4,6,10H,1-2,5,8,18H2/t10-/m1/s1. The van der Waals surface area contributed by atoms with Gasteiger partial charge in [-0.2, -0.15) is 22.7 Å². The van der Waals surface area contributed by atoms with Crippen LogP contribution in [-0.4, -0.2) is 31.9 Å². The van der Waals surface area contributed by atoms with Gasteiger partial charge in [0.2, 0.25) is 10.0 Å². The number of sulfonamides is 1. The van der Waals surface area contributed by atoms with Crippen LogP contribution >= 0.6 is 0 Å². The van der Waals surface area contributed by atoms with Crippen LogP contribution in [0.15, 0.2) is 23.1 Å². The van der Waals surface area contributed by atoms with Gasteiger partial charge >= 0.3 is 6.18 Å². The summed E-state index contributed by atoms with van der Waals surface area (Å²) in [5.74, 6) is 0. The predicted octanol–water partition coefficient (Wildman–Crippen LogP) is 1.69. The lowest BCUT2D eigenvalue weighted by molar-refractivity contribution is -0.137. The van der Waals surface area contributed by atoms with Gasteiger partial charge in [0.1, 0.15) is 0 Å². The van der Waals surface area contributed by atoms with E-state index in [2.05, 4.69) is 0 Å². The van der Waals surface area contributed by atoms with Gasteiger partial charge in [0.15, 0.2) is 0 Å². The van der Waals surface area contributed by atoms with Crippen molar-refractivity contribution in [2.45, 2.75) is 30.0 Å². The fraction of sp³-hybridized carbons (Fsp3) is 0.462. The number of halogens is 3. The van der Waals surface area contributed by atoms with Crippen molar-refractivity contribution >= 4 is 10.0 Å². The number of rotatable bonds is 3. The van der Waals surface area contributed by atoms with Gasteiger partial charge in [-0.05, 0) is 31.0 Å². The van der Waals surface area contributed by atoms with Crippen LogP contribution in [0.4, 0.5) is 13.2 Å². The first-order valence-electron chi connectivity index (χ1n) is 6.55. The third-order valence-corrected chi connectivity index (χ3v) is 5.57. The average Bonchev–Trinajstić information content (AvgIpc) is 2.94. The minimum atomic E-state index is -4.80. The third kappa shape index (κ3) is 2.95. The van der Waals surface area contributed by atoms with E-state index in [-0.39, 0.29) is 13.1 Å². The molecule has 1 saturated heterocycles. The maximum absolute atomic E-state index is 12.9. The largest absolute Gasteiger partial charge is 0.417 e. The van der Waals surface area contributed by atoms with Crippen LogP contribution in [0.2, 0.25) is 0 Å². The lowest BCUT2D eigenvalue weighted by atomic mass is 10.1. The van der Waals surface area contributed by atoms with E-state index in [9.17, 15) is 21.6 Å². The Morgan fingerprint density at radius 2 is 2.09 bits per heavy atom. The summed E-state index contributed by atoms with van der Waals surface area (Å²) < 4.78 is 65.0. The highest BCUT2D eigenvalue weighted by atomic mass is 32.2. The van der Waals surface area contributed by atoms with Gasteiger partial charge < -0.3 is 5.73 Å². The Bertz CT molecular complexity index is 710. The molecule has 2 rings (SSSR count). The zero-order valence-electron chi connectivity index (χ0n) is 11.5. The first-order valence-corrected chi connectivity index (χ1v) is 7.99. The van der Waals surface area contributed by atoms with E-state index in [1.54, 1.807) is 0 Å². The number of nitrogens with zero attached hydrogens (tertiary/aromatic N) is 2. The Morgan fingerprint density at radius 3 is 2.64 bits per heavy atom. The minimum absolute atomic E-state index is 0.113. The van der Waals surface area contributed by atoms with E-state index in [1.807, 2.05) is 0 Å². The summed E-state index contributed by atoms with van der Waals surface area (Å²) in [5, 5.41) is 8.74. The van der Waals surface area contributed by atoms with E-state index < -0.39 is 38.3 Å². The van der Waals surface area contributed by atoms with Gasteiger partial charge in [-0.25, -0.2) is 8.42 Å². The molecule has 0 aliphatic carbocycles. The zero-order valence-corrected chi connectivity index (χ0v) is 12.3. The lowest BCUT2D eigenvalue weighted by Gasteiger charge is -2.23. The molecule has 1 aliphatic rings. The SMILES string of the molecule is N#Cc1ccc(S(=O)(=O)N2CCC[C@@H]2CN)cc1C(F)(F)F. The molecule has 1 aliphatic heterocycles. The third-order valence-electron chi connectivity index (χ3n) is 3.62. The van der Waals surface area contributed by atoms with Gasteiger partial charge in [0, 0.05) is 19.1 Å². The van der Waals surface area contributed by atoms with Crippen LogP contribution in [0.1, 0.15) is 24.0 Å². The summed E-state index contributed by atoms with van der Waals surface area (Å²) in [6.07, 6.45) is -3.60. The fourth-order valence-electron chi connectivity index (χ4n) is 2.51. The van der Waals surface area contributed by atoms with Crippen molar-refractivity contribution in [2.24, 2.45) is 5.73 Å². The monoisotopic (exact) mass is 333 g/mol. The van der Waals surface area contributed by atoms with E-state index in [1.165, 1.54) is 6.07 Å². The Hall–Kier alpha value is -1.63. The molecule has 0 spiro atoms. The molecule has 0 saturated carbocycles. The Labute approximate surface area is 126 Å². The van der Waals surface area contributed by atoms with E-state index in [4.69, 9.17) is 11.0 Å². The van der Waals surface area contributed by atoms with Crippen LogP contribution in [-0.2, 0) is 16.2 Å². The van der Waals surface area contributed by atoms with Gasteiger partial charge in [-0.1, -0.05) is 0 Å². The normalized spacial score (nSPS) is 20.0. The molecule has 9 heteroatoms. The van der Waals surface area contributed by atoms with Crippen molar-refractivity contribution in [2.75, 3.05) is 13.1 Å². The highest BCUT2D eigenvalue weighted by Gasteiger charge is 2.38. The molecule has 0 aromatic heterocycles. The second-order valence-electron chi connectivity index (χ2n) is 4.96. The van der Waals surface area contributed by atoms with E-state index in [0.29, 0.717) is 18.9 Å². The molecule has 1 aromatic carbocycles. The summed E-state index contributed by atoms with van der Waals surface area (Å²) in [6.45, 7) is 0.340. The maximum Gasteiger partial charge on any atom is 0.417 e. The number of hydrogen-bond donors (Lipinski definition) is 1. The smallest absolute Gasteiger partial charge is 0.329 e. The predicted molar refractivity (Wildman–Crippen MR) is 72.1 cm³/mol. The summed E-state index contributed by atoms with van der Waals surface area (Å²) in [5.41, 5.74) is 3.66. The fourth-order valence-corrected chi connectivity index (χ4v) is 4.24. The molecule has 1 fully saturated rings. The number of hydrogen-bond acceptors (Lipinski definition) is 4. The summed E-state index contributed by atoms with van der Waals surface area (Å²) in [6, 6.07) is 3.43. The van der Waals surface area contributed by atoms with Crippen molar-refractivity contribution in [3.63, 3.8) is 0 Å². The van der Waals surface area contributed by atoms with Crippen LogP contribution in [0.25, 0.3) is 0 Å². The Kier molecular flexibility index (Phi) is 4.47. The van der Waals surface area contributed by atoms with Gasteiger partial charge in [0.25, 0.3) is 0 Å². The molecule has 2 N–H and O–H groups in total. The first kappa shape index (κ1) is 16.7. The molecular formula is C13H14F3N3O2S. The molecule has 5 nitrogen and oxygen atoms in total. The highest BCUT2D eigenvalue weighted by Crippen LogP contribution is 2.34. The van der Waals surface area contributed by atoms with Crippen molar-refractivity contribution in [3.8, 4) is 6.07 Å². The van der Waals surface area contributed by atoms with Crippen molar-refractivity contribution < 1.29 is 21.6 Å². The summed E-state index contributed by atoms with van der Waals surface area (Å²) in [7, 11) is -4.06.